The van der Waals surface area contributed by atoms with Crippen LogP contribution in [0.4, 0.5) is 0 Å². The molecule has 0 atom stereocenters. The van der Waals surface area contributed by atoms with Crippen LogP contribution in [0.3, 0.4) is 0 Å². The molecule has 0 aliphatic rings. The lowest BCUT2D eigenvalue weighted by Gasteiger charge is -2.17. The largest absolute Gasteiger partial charge is 0.351 e. The maximum Gasteiger partial charge on any atom is 0.254 e. The molecule has 0 aliphatic carbocycles. The van der Waals surface area contributed by atoms with Crippen LogP contribution in [-0.2, 0) is 13.6 Å². The Bertz CT molecular complexity index is 1130. The lowest BCUT2D eigenvalue weighted by molar-refractivity contribution is 0.0783. The smallest absolute Gasteiger partial charge is 0.254 e. The third kappa shape index (κ3) is 2.71. The van der Waals surface area contributed by atoms with Crippen LogP contribution in [-0.4, -0.2) is 32.4 Å². The highest BCUT2D eigenvalue weighted by molar-refractivity contribution is 6.06. The summed E-state index contributed by atoms with van der Waals surface area (Å²) in [6.45, 7) is 2.34. The number of fused-ring (bicyclic) bond motifs is 2. The Balaban J connectivity index is 1.65. The molecule has 5 nitrogen and oxygen atoms in total. The Hall–Kier alpha value is -3.21. The highest BCUT2D eigenvalue weighted by atomic mass is 16.2. The minimum absolute atomic E-state index is 0.0313. The van der Waals surface area contributed by atoms with E-state index in [0.717, 1.165) is 27.5 Å². The second-order valence-corrected chi connectivity index (χ2v) is 6.57. The first-order valence-electron chi connectivity index (χ1n) is 8.56. The number of carbonyl (C=O) groups is 1. The van der Waals surface area contributed by atoms with E-state index in [1.807, 2.05) is 73.3 Å². The number of hydrogen-bond acceptors (Lipinski definition) is 3. The van der Waals surface area contributed by atoms with Gasteiger partial charge >= 0.3 is 0 Å². The second kappa shape index (κ2) is 6.26. The van der Waals surface area contributed by atoms with E-state index in [-0.39, 0.29) is 5.91 Å². The molecular weight excluding hydrogens is 324 g/mol. The maximum absolute atomic E-state index is 13.0. The number of carbonyl (C=O) groups excluding carboxylic acids is 1. The third-order valence-corrected chi connectivity index (χ3v) is 4.72. The predicted octanol–water partition coefficient (Wildman–Crippen LogP) is 3.70. The number of nitrogens with zero attached hydrogens (tertiary/aromatic N) is 4. The van der Waals surface area contributed by atoms with Crippen LogP contribution >= 0.6 is 0 Å². The van der Waals surface area contributed by atoms with Gasteiger partial charge in [0.15, 0.2) is 0 Å². The lowest BCUT2D eigenvalue weighted by Crippen LogP contribution is -2.27. The van der Waals surface area contributed by atoms with E-state index in [4.69, 9.17) is 0 Å². The number of para-hydroxylation sites is 1. The van der Waals surface area contributed by atoms with Crippen molar-refractivity contribution in [1.82, 2.24) is 19.4 Å². The van der Waals surface area contributed by atoms with Crippen molar-refractivity contribution in [3.63, 3.8) is 0 Å². The Morgan fingerprint density at radius 2 is 1.85 bits per heavy atom. The summed E-state index contributed by atoms with van der Waals surface area (Å²) in [5.41, 5.74) is 3.57. The average molecular weight is 344 g/mol. The van der Waals surface area contributed by atoms with E-state index in [9.17, 15) is 4.79 Å². The first-order valence-corrected chi connectivity index (χ1v) is 8.56. The van der Waals surface area contributed by atoms with Crippen molar-refractivity contribution >= 4 is 27.7 Å². The van der Waals surface area contributed by atoms with Crippen LogP contribution < -0.4 is 0 Å². The van der Waals surface area contributed by atoms with E-state index in [1.165, 1.54) is 0 Å². The molecule has 0 saturated heterocycles. The Labute approximate surface area is 151 Å². The van der Waals surface area contributed by atoms with Crippen LogP contribution in [0.25, 0.3) is 21.8 Å². The fourth-order valence-electron chi connectivity index (χ4n) is 3.34. The lowest BCUT2D eigenvalue weighted by atomic mass is 10.1. The number of benzene rings is 2. The molecule has 0 fully saturated rings. The number of amides is 1. The van der Waals surface area contributed by atoms with Gasteiger partial charge < -0.3 is 9.47 Å². The van der Waals surface area contributed by atoms with Crippen molar-refractivity contribution in [2.75, 3.05) is 7.05 Å². The molecule has 26 heavy (non-hydrogen) atoms. The van der Waals surface area contributed by atoms with Crippen molar-refractivity contribution < 1.29 is 4.79 Å². The zero-order valence-electron chi connectivity index (χ0n) is 15.1. The zero-order valence-corrected chi connectivity index (χ0v) is 15.1. The van der Waals surface area contributed by atoms with Crippen LogP contribution in [0.15, 0.2) is 54.7 Å². The summed E-state index contributed by atoms with van der Waals surface area (Å²) in [4.78, 5) is 23.8. The minimum Gasteiger partial charge on any atom is -0.351 e. The van der Waals surface area contributed by atoms with Crippen LogP contribution in [0.2, 0.25) is 0 Å². The quantitative estimate of drug-likeness (QED) is 0.569. The van der Waals surface area contributed by atoms with Gasteiger partial charge in [0, 0.05) is 47.8 Å². The molecule has 1 amide bonds. The predicted molar refractivity (Wildman–Crippen MR) is 103 cm³/mol. The summed E-state index contributed by atoms with van der Waals surface area (Å²) in [6, 6.07) is 15.7. The second-order valence-electron chi connectivity index (χ2n) is 6.57. The summed E-state index contributed by atoms with van der Waals surface area (Å²) in [5, 5.41) is 2.00. The molecule has 5 heteroatoms. The molecule has 2 aromatic heterocycles. The topological polar surface area (TPSA) is 51.0 Å². The van der Waals surface area contributed by atoms with E-state index < -0.39 is 0 Å². The van der Waals surface area contributed by atoms with Crippen LogP contribution in [0, 0.1) is 6.92 Å². The van der Waals surface area contributed by atoms with Gasteiger partial charge in [-0.25, -0.2) is 9.97 Å². The molecular formula is C21H20N4O. The Morgan fingerprint density at radius 3 is 2.69 bits per heavy atom. The first-order chi connectivity index (χ1) is 12.5. The van der Waals surface area contributed by atoms with Gasteiger partial charge in [0.2, 0.25) is 0 Å². The standard InChI is InChI=1S/C21H20N4O/c1-14-15-7-4-5-9-18(15)23-20(22-14)13-25(3)21(26)17-8-6-10-19-16(17)11-12-24(19)2/h4-12H,13H2,1-3H3. The summed E-state index contributed by atoms with van der Waals surface area (Å²) in [6.07, 6.45) is 1.97. The molecule has 0 aliphatic heterocycles. The number of rotatable bonds is 3. The minimum atomic E-state index is -0.0313. The molecule has 4 rings (SSSR count). The first kappa shape index (κ1) is 16.3. The molecule has 2 aromatic carbocycles. The molecule has 2 heterocycles. The average Bonchev–Trinajstić information content (AvgIpc) is 3.02. The SMILES string of the molecule is Cc1nc(CN(C)C(=O)c2cccc3c2ccn3C)nc2ccccc12. The normalized spacial score (nSPS) is 11.2. The summed E-state index contributed by atoms with van der Waals surface area (Å²) in [5.74, 6) is 0.619. The Morgan fingerprint density at radius 1 is 1.04 bits per heavy atom. The zero-order chi connectivity index (χ0) is 18.3. The van der Waals surface area contributed by atoms with E-state index in [2.05, 4.69) is 9.97 Å². The summed E-state index contributed by atoms with van der Waals surface area (Å²) < 4.78 is 2.02. The van der Waals surface area contributed by atoms with Gasteiger partial charge in [0.1, 0.15) is 5.82 Å². The van der Waals surface area contributed by atoms with Crippen molar-refractivity contribution in [2.45, 2.75) is 13.5 Å². The van der Waals surface area contributed by atoms with Crippen molar-refractivity contribution in [2.24, 2.45) is 7.05 Å². The summed E-state index contributed by atoms with van der Waals surface area (Å²) >= 11 is 0. The highest BCUT2D eigenvalue weighted by Gasteiger charge is 2.17. The molecule has 4 aromatic rings. The van der Waals surface area contributed by atoms with E-state index in [0.29, 0.717) is 17.9 Å². The molecule has 0 N–H and O–H groups in total. The van der Waals surface area contributed by atoms with Crippen molar-refractivity contribution in [1.29, 1.82) is 0 Å². The number of aryl methyl sites for hydroxylation is 2. The molecule has 0 radical (unpaired) electrons. The van der Waals surface area contributed by atoms with E-state index >= 15 is 0 Å². The maximum atomic E-state index is 13.0. The van der Waals surface area contributed by atoms with Gasteiger partial charge in [-0.15, -0.1) is 0 Å². The number of aromatic nitrogens is 3. The molecule has 0 bridgehead atoms. The Kier molecular flexibility index (Phi) is 3.92. The van der Waals surface area contributed by atoms with Crippen molar-refractivity contribution in [3.05, 3.63) is 71.8 Å². The van der Waals surface area contributed by atoms with Crippen LogP contribution in [0.5, 0.6) is 0 Å². The van der Waals surface area contributed by atoms with Crippen molar-refractivity contribution in [3.8, 4) is 0 Å². The highest BCUT2D eigenvalue weighted by Crippen LogP contribution is 2.21. The van der Waals surface area contributed by atoms with Gasteiger partial charge in [-0.1, -0.05) is 24.3 Å². The fraction of sp³-hybridized carbons (Fsp3) is 0.190. The van der Waals surface area contributed by atoms with Crippen LogP contribution in [0.1, 0.15) is 21.9 Å². The van der Waals surface area contributed by atoms with Gasteiger partial charge in [-0.3, -0.25) is 4.79 Å². The molecule has 130 valence electrons. The van der Waals surface area contributed by atoms with E-state index in [1.54, 1.807) is 11.9 Å². The molecule has 0 spiro atoms. The number of hydrogen-bond donors (Lipinski definition) is 0. The monoisotopic (exact) mass is 344 g/mol. The molecule has 0 unspecified atom stereocenters. The van der Waals surface area contributed by atoms with Gasteiger partial charge in [-0.05, 0) is 31.2 Å². The van der Waals surface area contributed by atoms with Gasteiger partial charge in [-0.2, -0.15) is 0 Å². The van der Waals surface area contributed by atoms with Gasteiger partial charge in [0.05, 0.1) is 12.1 Å². The van der Waals surface area contributed by atoms with Gasteiger partial charge in [0.25, 0.3) is 5.91 Å². The fourth-order valence-corrected chi connectivity index (χ4v) is 3.34. The third-order valence-electron chi connectivity index (χ3n) is 4.72. The summed E-state index contributed by atoms with van der Waals surface area (Å²) in [7, 11) is 3.77. The molecule has 0 saturated carbocycles.